The zero-order chi connectivity index (χ0) is 18.2. The third-order valence-corrected chi connectivity index (χ3v) is 6.80. The van der Waals surface area contributed by atoms with Gasteiger partial charge in [-0.25, -0.2) is 13.2 Å². The monoisotopic (exact) mass is 367 g/mol. The number of aryl methyl sites for hydroxylation is 1. The number of aliphatic carboxylic acids is 1. The fourth-order valence-corrected chi connectivity index (χ4v) is 5.09. The van der Waals surface area contributed by atoms with Crippen LogP contribution in [-0.2, 0) is 19.4 Å². The number of hydrogen-bond acceptors (Lipinski definition) is 5. The zero-order valence-electron chi connectivity index (χ0n) is 13.9. The van der Waals surface area contributed by atoms with Crippen molar-refractivity contribution in [3.05, 3.63) is 23.8 Å². The molecule has 0 bridgehead atoms. The fourth-order valence-electron chi connectivity index (χ4n) is 3.45. The molecule has 25 heavy (non-hydrogen) atoms. The number of sulfone groups is 1. The zero-order valence-corrected chi connectivity index (χ0v) is 14.8. The molecule has 1 unspecified atom stereocenters. The van der Waals surface area contributed by atoms with Gasteiger partial charge in [0.15, 0.2) is 6.61 Å². The first-order valence-corrected chi connectivity index (χ1v) is 9.99. The van der Waals surface area contributed by atoms with Crippen molar-refractivity contribution < 1.29 is 27.9 Å². The van der Waals surface area contributed by atoms with Gasteiger partial charge in [-0.15, -0.1) is 0 Å². The lowest BCUT2D eigenvalue weighted by Gasteiger charge is -2.22. The Morgan fingerprint density at radius 3 is 2.60 bits per heavy atom. The van der Waals surface area contributed by atoms with Crippen LogP contribution >= 0.6 is 0 Å². The molecule has 0 aromatic heterocycles. The molecule has 1 aliphatic carbocycles. The van der Waals surface area contributed by atoms with Gasteiger partial charge in [0, 0.05) is 11.6 Å². The summed E-state index contributed by atoms with van der Waals surface area (Å²) < 4.78 is 28.2. The number of carbonyl (C=O) groups is 2. The van der Waals surface area contributed by atoms with Crippen molar-refractivity contribution in [1.82, 2.24) is 0 Å². The van der Waals surface area contributed by atoms with E-state index >= 15 is 0 Å². The molecule has 1 aromatic carbocycles. The molecule has 1 saturated heterocycles. The Labute approximate surface area is 146 Å². The summed E-state index contributed by atoms with van der Waals surface area (Å²) in [6.07, 6.45) is 1.87. The highest BCUT2D eigenvalue weighted by Crippen LogP contribution is 2.60. The van der Waals surface area contributed by atoms with Crippen LogP contribution in [0.25, 0.3) is 0 Å². The summed E-state index contributed by atoms with van der Waals surface area (Å²) in [5, 5.41) is 11.5. The molecule has 2 aliphatic rings. The minimum Gasteiger partial charge on any atom is -0.482 e. The molecule has 1 aromatic rings. The Morgan fingerprint density at radius 1 is 1.32 bits per heavy atom. The third kappa shape index (κ3) is 3.95. The molecule has 3 rings (SSSR count). The number of rotatable bonds is 5. The number of hydrogen-bond donors (Lipinski definition) is 2. The Morgan fingerprint density at radius 2 is 2.00 bits per heavy atom. The van der Waals surface area contributed by atoms with Crippen molar-refractivity contribution in [3.8, 4) is 5.75 Å². The van der Waals surface area contributed by atoms with Crippen LogP contribution in [0, 0.1) is 18.3 Å². The SMILES string of the molecule is Cc1cc(OCC(=O)O)ccc1NC(=O)C1CC12CCS(=O)(=O)CC2. The highest BCUT2D eigenvalue weighted by atomic mass is 32.2. The van der Waals surface area contributed by atoms with Crippen molar-refractivity contribution in [2.75, 3.05) is 23.4 Å². The van der Waals surface area contributed by atoms with Crippen LogP contribution in [-0.4, -0.2) is 43.5 Å². The summed E-state index contributed by atoms with van der Waals surface area (Å²) in [6, 6.07) is 4.97. The second-order valence-corrected chi connectivity index (χ2v) is 9.22. The number of carboxylic acid groups (broad SMARTS) is 1. The molecule has 2 fully saturated rings. The van der Waals surface area contributed by atoms with Gasteiger partial charge >= 0.3 is 5.97 Å². The summed E-state index contributed by atoms with van der Waals surface area (Å²) in [5.74, 6) is -0.495. The predicted octanol–water partition coefficient (Wildman–Crippen LogP) is 1.61. The summed E-state index contributed by atoms with van der Waals surface area (Å²) in [6.45, 7) is 1.39. The highest BCUT2D eigenvalue weighted by Gasteiger charge is 2.59. The Hall–Kier alpha value is -2.09. The van der Waals surface area contributed by atoms with Gasteiger partial charge in [0.05, 0.1) is 11.5 Å². The van der Waals surface area contributed by atoms with E-state index in [4.69, 9.17) is 9.84 Å². The molecule has 1 atom stereocenters. The fraction of sp³-hybridized carbons (Fsp3) is 0.529. The highest BCUT2D eigenvalue weighted by molar-refractivity contribution is 7.91. The molecule has 1 amide bonds. The van der Waals surface area contributed by atoms with E-state index in [1.807, 2.05) is 0 Å². The van der Waals surface area contributed by atoms with Crippen molar-refractivity contribution in [3.63, 3.8) is 0 Å². The number of carbonyl (C=O) groups excluding carboxylic acids is 1. The number of nitrogens with one attached hydrogen (secondary N) is 1. The lowest BCUT2D eigenvalue weighted by atomic mass is 9.96. The van der Waals surface area contributed by atoms with Crippen LogP contribution in [0.3, 0.4) is 0 Å². The Balaban J connectivity index is 1.60. The van der Waals surface area contributed by atoms with Gasteiger partial charge in [-0.2, -0.15) is 0 Å². The lowest BCUT2D eigenvalue weighted by Crippen LogP contribution is -2.28. The lowest BCUT2D eigenvalue weighted by molar-refractivity contribution is -0.139. The van der Waals surface area contributed by atoms with E-state index in [0.717, 1.165) is 12.0 Å². The molecule has 1 heterocycles. The van der Waals surface area contributed by atoms with Crippen molar-refractivity contribution in [2.45, 2.75) is 26.2 Å². The molecule has 8 heteroatoms. The van der Waals surface area contributed by atoms with E-state index in [2.05, 4.69) is 5.32 Å². The normalized spacial score (nSPS) is 23.0. The molecule has 1 aliphatic heterocycles. The second kappa shape index (κ2) is 6.33. The number of amides is 1. The molecule has 7 nitrogen and oxygen atoms in total. The smallest absolute Gasteiger partial charge is 0.341 e. The summed E-state index contributed by atoms with van der Waals surface area (Å²) >= 11 is 0. The number of anilines is 1. The average Bonchev–Trinajstić information content (AvgIpc) is 3.26. The largest absolute Gasteiger partial charge is 0.482 e. The molecule has 1 spiro atoms. The van der Waals surface area contributed by atoms with Crippen LogP contribution < -0.4 is 10.1 Å². The van der Waals surface area contributed by atoms with Gasteiger partial charge in [-0.3, -0.25) is 4.79 Å². The Bertz CT molecular complexity index is 802. The molecule has 2 N–H and O–H groups in total. The maximum atomic E-state index is 12.5. The molecule has 136 valence electrons. The second-order valence-electron chi connectivity index (χ2n) is 6.92. The van der Waals surface area contributed by atoms with E-state index in [0.29, 0.717) is 24.3 Å². The van der Waals surface area contributed by atoms with Gasteiger partial charge in [0.25, 0.3) is 0 Å². The van der Waals surface area contributed by atoms with Gasteiger partial charge in [-0.05, 0) is 55.4 Å². The van der Waals surface area contributed by atoms with Gasteiger partial charge < -0.3 is 15.2 Å². The summed E-state index contributed by atoms with van der Waals surface area (Å²) in [5.41, 5.74) is 1.28. The molecule has 1 saturated carbocycles. The van der Waals surface area contributed by atoms with E-state index in [-0.39, 0.29) is 28.7 Å². The van der Waals surface area contributed by atoms with Gasteiger partial charge in [0.1, 0.15) is 15.6 Å². The van der Waals surface area contributed by atoms with Crippen molar-refractivity contribution in [1.29, 1.82) is 0 Å². The first-order valence-electron chi connectivity index (χ1n) is 8.17. The quantitative estimate of drug-likeness (QED) is 0.818. The molecular formula is C17H21NO6S. The van der Waals surface area contributed by atoms with Crippen LogP contribution in [0.5, 0.6) is 5.75 Å². The number of ether oxygens (including phenoxy) is 1. The van der Waals surface area contributed by atoms with Crippen molar-refractivity contribution >= 4 is 27.4 Å². The number of benzene rings is 1. The number of carboxylic acids is 1. The van der Waals surface area contributed by atoms with Crippen molar-refractivity contribution in [2.24, 2.45) is 11.3 Å². The topological polar surface area (TPSA) is 110 Å². The Kier molecular flexibility index (Phi) is 4.49. The molecular weight excluding hydrogens is 346 g/mol. The van der Waals surface area contributed by atoms with E-state index in [1.54, 1.807) is 25.1 Å². The minimum atomic E-state index is -2.93. The summed E-state index contributed by atoms with van der Waals surface area (Å²) in [7, 11) is -2.93. The van der Waals surface area contributed by atoms with E-state index in [9.17, 15) is 18.0 Å². The van der Waals surface area contributed by atoms with E-state index in [1.165, 1.54) is 0 Å². The first kappa shape index (κ1) is 17.7. The first-order chi connectivity index (χ1) is 11.7. The van der Waals surface area contributed by atoms with Crippen LogP contribution in [0.4, 0.5) is 5.69 Å². The van der Waals surface area contributed by atoms with Gasteiger partial charge in [0.2, 0.25) is 5.91 Å². The summed E-state index contributed by atoms with van der Waals surface area (Å²) in [4.78, 5) is 23.0. The standard InChI is InChI=1S/C17H21NO6S/c1-11-8-12(24-10-15(19)20)2-3-14(11)18-16(21)13-9-17(13)4-6-25(22,23)7-5-17/h2-3,8,13H,4-7,9-10H2,1H3,(H,18,21)(H,19,20). The maximum Gasteiger partial charge on any atom is 0.341 e. The van der Waals surface area contributed by atoms with Crippen LogP contribution in [0.15, 0.2) is 18.2 Å². The van der Waals surface area contributed by atoms with Crippen LogP contribution in [0.1, 0.15) is 24.8 Å². The maximum absolute atomic E-state index is 12.5. The van der Waals surface area contributed by atoms with Crippen LogP contribution in [0.2, 0.25) is 0 Å². The van der Waals surface area contributed by atoms with E-state index < -0.39 is 22.4 Å². The third-order valence-electron chi connectivity index (χ3n) is 5.15. The predicted molar refractivity (Wildman–Crippen MR) is 91.4 cm³/mol. The average molecular weight is 367 g/mol. The minimum absolute atomic E-state index is 0.0818. The molecule has 0 radical (unpaired) electrons. The van der Waals surface area contributed by atoms with Gasteiger partial charge in [-0.1, -0.05) is 0 Å².